The molecular formula is AlMgO3Zr+3. The van der Waals surface area contributed by atoms with Gasteiger partial charge in [-0.2, -0.15) is 0 Å². The Bertz CT molecular complexity index is 10.8. The minimum Gasteiger partial charge on any atom is -2.00 e. The molecule has 0 saturated carbocycles. The Morgan fingerprint density at radius 2 is 0.667 bits per heavy atom. The topological polar surface area (TPSA) is 85.5 Å². The molecule has 0 atom stereocenters. The molecule has 24 valence electrons. The molecular weight excluding hydrogens is 191 g/mol. The van der Waals surface area contributed by atoms with Gasteiger partial charge in [0.1, 0.15) is 0 Å². The Kier molecular flexibility index (Phi) is 962. The summed E-state index contributed by atoms with van der Waals surface area (Å²) in [6.45, 7) is 0. The van der Waals surface area contributed by atoms with Crippen molar-refractivity contribution in [2.75, 3.05) is 0 Å². The Balaban J connectivity index is 0. The van der Waals surface area contributed by atoms with E-state index in [1.54, 1.807) is 0 Å². The third-order valence-electron chi connectivity index (χ3n) is 0. The van der Waals surface area contributed by atoms with Crippen LogP contribution in [0.2, 0.25) is 0 Å². The van der Waals surface area contributed by atoms with Crippen LogP contribution in [0.25, 0.3) is 0 Å². The van der Waals surface area contributed by atoms with Crippen LogP contribution in [-0.2, 0) is 42.6 Å². The van der Waals surface area contributed by atoms with Gasteiger partial charge in [-0.15, -0.1) is 0 Å². The van der Waals surface area contributed by atoms with E-state index in [2.05, 4.69) is 0 Å². The fourth-order valence-corrected chi connectivity index (χ4v) is 0. The van der Waals surface area contributed by atoms with Gasteiger partial charge in [-0.25, -0.2) is 0 Å². The van der Waals surface area contributed by atoms with Crippen molar-refractivity contribution in [1.82, 2.24) is 0 Å². The van der Waals surface area contributed by atoms with Crippen molar-refractivity contribution in [3.63, 3.8) is 0 Å². The van der Waals surface area contributed by atoms with Crippen molar-refractivity contribution in [2.24, 2.45) is 0 Å². The maximum absolute atomic E-state index is 0. The van der Waals surface area contributed by atoms with Crippen molar-refractivity contribution in [3.05, 3.63) is 0 Å². The number of hydrogen-bond acceptors (Lipinski definition) is 0. The summed E-state index contributed by atoms with van der Waals surface area (Å²) in [4.78, 5) is 0. The minimum absolute atomic E-state index is 0. The summed E-state index contributed by atoms with van der Waals surface area (Å²) >= 11 is 0. The summed E-state index contributed by atoms with van der Waals surface area (Å²) in [6.07, 6.45) is 0. The van der Waals surface area contributed by atoms with Crippen LogP contribution in [0.1, 0.15) is 0 Å². The fraction of sp³-hybridized carbons (Fsp3) is 0. The van der Waals surface area contributed by atoms with E-state index >= 15 is 0 Å². The second kappa shape index (κ2) is 61.0. The third-order valence-corrected chi connectivity index (χ3v) is 0. The van der Waals surface area contributed by atoms with E-state index < -0.39 is 0 Å². The zero-order valence-electron chi connectivity index (χ0n) is 3.01. The first-order valence-corrected chi connectivity index (χ1v) is 0. The molecule has 0 heterocycles. The molecule has 0 aromatic heterocycles. The van der Waals surface area contributed by atoms with Crippen LogP contribution in [0.4, 0.5) is 0 Å². The first-order chi connectivity index (χ1) is 0. The molecule has 0 bridgehead atoms. The molecule has 0 aliphatic carbocycles. The molecule has 0 aromatic rings. The first-order valence-electron chi connectivity index (χ1n) is 0. The largest absolute Gasteiger partial charge is 4.00 e. The first kappa shape index (κ1) is 94.6. The molecule has 0 aliphatic heterocycles. The van der Waals surface area contributed by atoms with Crippen LogP contribution in [0.15, 0.2) is 0 Å². The quantitative estimate of drug-likeness (QED) is 0.434. The molecule has 0 unspecified atom stereocenters. The van der Waals surface area contributed by atoms with Gasteiger partial charge in [0.25, 0.3) is 0 Å². The van der Waals surface area contributed by atoms with E-state index in [9.17, 15) is 0 Å². The second-order valence-electron chi connectivity index (χ2n) is 0. The third kappa shape index (κ3) is 36.5. The molecule has 0 aliphatic rings. The Hall–Kier alpha value is 2.06. The van der Waals surface area contributed by atoms with Gasteiger partial charge < -0.3 is 16.4 Å². The van der Waals surface area contributed by atoms with Gasteiger partial charge in [0.05, 0.1) is 0 Å². The molecule has 0 N–H and O–H groups in total. The zero-order valence-corrected chi connectivity index (χ0v) is 8.04. The normalized spacial score (nSPS) is 0. The van der Waals surface area contributed by atoms with Crippen molar-refractivity contribution < 1.29 is 42.6 Å². The summed E-state index contributed by atoms with van der Waals surface area (Å²) in [5.41, 5.74) is 0. The van der Waals surface area contributed by atoms with E-state index in [1.807, 2.05) is 0 Å². The van der Waals surface area contributed by atoms with E-state index in [1.165, 1.54) is 0 Å². The standard InChI is InChI=1S/Al.Mg.3O.Zr/q+3;+2;3*-2;+4. The molecule has 0 amide bonds. The number of hydrogen-bond donors (Lipinski definition) is 0. The predicted octanol–water partition coefficient (Wildman–Crippen LogP) is -1.12. The Morgan fingerprint density at radius 3 is 0.667 bits per heavy atom. The van der Waals surface area contributed by atoms with Crippen molar-refractivity contribution in [2.45, 2.75) is 0 Å². The van der Waals surface area contributed by atoms with E-state index in [0.717, 1.165) is 0 Å². The van der Waals surface area contributed by atoms with Gasteiger partial charge in [-0.3, -0.25) is 0 Å². The van der Waals surface area contributed by atoms with Gasteiger partial charge in [0, 0.05) is 0 Å². The van der Waals surface area contributed by atoms with Crippen molar-refractivity contribution in [1.29, 1.82) is 0 Å². The van der Waals surface area contributed by atoms with Gasteiger partial charge in [-0.05, 0) is 0 Å². The summed E-state index contributed by atoms with van der Waals surface area (Å²) in [7, 11) is 0. The molecule has 0 spiro atoms. The van der Waals surface area contributed by atoms with Crippen LogP contribution in [0, 0.1) is 0 Å². The SMILES string of the molecule is [Al+3].[Mg+2].[O-2].[O-2].[O-2].[Zr+4]. The maximum atomic E-state index is 0. The van der Waals surface area contributed by atoms with Crippen LogP contribution in [0.3, 0.4) is 0 Å². The van der Waals surface area contributed by atoms with Crippen molar-refractivity contribution >= 4 is 40.4 Å². The van der Waals surface area contributed by atoms with Crippen LogP contribution >= 0.6 is 0 Å². The molecule has 0 radical (unpaired) electrons. The van der Waals surface area contributed by atoms with E-state index in [-0.39, 0.29) is 83.0 Å². The smallest absolute Gasteiger partial charge is 2.00 e. The monoisotopic (exact) mass is 189 g/mol. The molecule has 0 rings (SSSR count). The minimum atomic E-state index is 0. The summed E-state index contributed by atoms with van der Waals surface area (Å²) in [5.74, 6) is 0. The average Bonchev–Trinajstić information content (AvgIpc) is 0. The molecule has 0 fully saturated rings. The van der Waals surface area contributed by atoms with Crippen LogP contribution in [-0.4, -0.2) is 40.4 Å². The van der Waals surface area contributed by atoms with Gasteiger partial charge >= 0.3 is 66.6 Å². The average molecular weight is 191 g/mol. The summed E-state index contributed by atoms with van der Waals surface area (Å²) in [5, 5.41) is 0. The predicted molar refractivity (Wildman–Crippen MR) is 13.6 cm³/mol. The summed E-state index contributed by atoms with van der Waals surface area (Å²) in [6, 6.07) is 0. The van der Waals surface area contributed by atoms with Crippen LogP contribution < -0.4 is 0 Å². The molecule has 0 aromatic carbocycles. The van der Waals surface area contributed by atoms with Crippen molar-refractivity contribution in [3.8, 4) is 0 Å². The van der Waals surface area contributed by atoms with Gasteiger partial charge in [0.2, 0.25) is 0 Å². The molecule has 6 heteroatoms. The fourth-order valence-electron chi connectivity index (χ4n) is 0. The van der Waals surface area contributed by atoms with E-state index in [0.29, 0.717) is 0 Å². The molecule has 6 heavy (non-hydrogen) atoms. The Morgan fingerprint density at radius 1 is 0.667 bits per heavy atom. The van der Waals surface area contributed by atoms with E-state index in [4.69, 9.17) is 0 Å². The summed E-state index contributed by atoms with van der Waals surface area (Å²) < 4.78 is 0. The van der Waals surface area contributed by atoms with Gasteiger partial charge in [0.15, 0.2) is 0 Å². The molecule has 0 saturated heterocycles. The molecule has 3 nitrogen and oxygen atoms in total. The zero-order chi connectivity index (χ0) is 0. The maximum Gasteiger partial charge on any atom is 4.00 e. The van der Waals surface area contributed by atoms with Crippen LogP contribution in [0.5, 0.6) is 0 Å². The second-order valence-corrected chi connectivity index (χ2v) is 0. The number of rotatable bonds is 0. The Labute approximate surface area is 82.2 Å². The van der Waals surface area contributed by atoms with Gasteiger partial charge in [-0.1, -0.05) is 0 Å².